The summed E-state index contributed by atoms with van der Waals surface area (Å²) in [5, 5.41) is 0. The van der Waals surface area contributed by atoms with Crippen LogP contribution in [0.4, 0.5) is 11.5 Å². The number of aromatic nitrogens is 2. The molecule has 138 valence electrons. The maximum Gasteiger partial charge on any atom is 0.239 e. The van der Waals surface area contributed by atoms with Gasteiger partial charge in [0.2, 0.25) is 5.91 Å². The van der Waals surface area contributed by atoms with Crippen LogP contribution in [0.5, 0.6) is 0 Å². The average Bonchev–Trinajstić information content (AvgIpc) is 2.66. The third kappa shape index (κ3) is 4.33. The van der Waals surface area contributed by atoms with Crippen molar-refractivity contribution in [2.75, 3.05) is 36.8 Å². The molecule has 0 spiro atoms. The van der Waals surface area contributed by atoms with E-state index in [1.54, 1.807) is 6.20 Å². The van der Waals surface area contributed by atoms with E-state index in [1.807, 2.05) is 23.1 Å². The van der Waals surface area contributed by atoms with Crippen molar-refractivity contribution in [1.29, 1.82) is 0 Å². The summed E-state index contributed by atoms with van der Waals surface area (Å²) in [6.45, 7) is 2.72. The average molecular weight is 484 g/mol. The predicted molar refractivity (Wildman–Crippen MR) is 109 cm³/mol. The first-order chi connectivity index (χ1) is 12.5. The number of halogens is 2. The Bertz CT molecular complexity index is 757. The monoisotopic (exact) mass is 482 g/mol. The fourth-order valence-corrected chi connectivity index (χ4v) is 4.24. The molecular weight excluding hydrogens is 464 g/mol. The second-order valence-corrected chi connectivity index (χ2v) is 7.87. The van der Waals surface area contributed by atoms with Gasteiger partial charge in [0.05, 0.1) is 11.7 Å². The van der Waals surface area contributed by atoms with Gasteiger partial charge >= 0.3 is 0 Å². The van der Waals surface area contributed by atoms with Crippen molar-refractivity contribution in [3.63, 3.8) is 0 Å². The van der Waals surface area contributed by atoms with E-state index in [0.29, 0.717) is 25.2 Å². The van der Waals surface area contributed by atoms with Crippen molar-refractivity contribution in [1.82, 2.24) is 14.9 Å². The smallest absolute Gasteiger partial charge is 0.239 e. The predicted octanol–water partition coefficient (Wildman–Crippen LogP) is 1.80. The lowest BCUT2D eigenvalue weighted by molar-refractivity contribution is -0.132. The van der Waals surface area contributed by atoms with Crippen LogP contribution in [0.15, 0.2) is 39.7 Å². The molecule has 2 aromatic rings. The Morgan fingerprint density at radius 3 is 2.42 bits per heavy atom. The number of rotatable bonds is 4. The standard InChI is InChI=1S/C17H20Br2N6O/c18-12-7-11(8-13(19)16(12)21)9-14(20)17(26)25-5-3-24(4-6-25)15-1-2-22-10-23-15/h1-2,7-8,10,14H,3-6,9,20-21H2/t14-/m0/s1. The summed E-state index contributed by atoms with van der Waals surface area (Å²) in [6, 6.07) is 5.10. The van der Waals surface area contributed by atoms with Crippen molar-refractivity contribution in [3.8, 4) is 0 Å². The molecule has 7 nitrogen and oxygen atoms in total. The Balaban J connectivity index is 1.58. The maximum atomic E-state index is 12.7. The Morgan fingerprint density at radius 1 is 1.19 bits per heavy atom. The van der Waals surface area contributed by atoms with Gasteiger partial charge in [0.25, 0.3) is 0 Å². The van der Waals surface area contributed by atoms with Gasteiger partial charge in [-0.2, -0.15) is 0 Å². The highest BCUT2D eigenvalue weighted by Gasteiger charge is 2.26. The number of carbonyl (C=O) groups excluding carboxylic acids is 1. The lowest BCUT2D eigenvalue weighted by Gasteiger charge is -2.36. The Labute approximate surface area is 169 Å². The largest absolute Gasteiger partial charge is 0.397 e. The fraction of sp³-hybridized carbons (Fsp3) is 0.353. The zero-order valence-electron chi connectivity index (χ0n) is 14.1. The molecule has 1 aromatic carbocycles. The van der Waals surface area contributed by atoms with Crippen LogP contribution >= 0.6 is 31.9 Å². The summed E-state index contributed by atoms with van der Waals surface area (Å²) in [5.41, 5.74) is 13.7. The topological polar surface area (TPSA) is 101 Å². The van der Waals surface area contributed by atoms with Gasteiger partial charge in [-0.25, -0.2) is 9.97 Å². The van der Waals surface area contributed by atoms with E-state index >= 15 is 0 Å². The minimum Gasteiger partial charge on any atom is -0.397 e. The van der Waals surface area contributed by atoms with Crippen LogP contribution in [0, 0.1) is 0 Å². The van der Waals surface area contributed by atoms with Crippen molar-refractivity contribution >= 4 is 49.3 Å². The molecular formula is C17H20Br2N6O. The van der Waals surface area contributed by atoms with Crippen LogP contribution < -0.4 is 16.4 Å². The lowest BCUT2D eigenvalue weighted by Crippen LogP contribution is -2.53. The molecule has 9 heteroatoms. The zero-order valence-corrected chi connectivity index (χ0v) is 17.3. The number of hydrogen-bond donors (Lipinski definition) is 2. The zero-order chi connectivity index (χ0) is 18.7. The SMILES string of the molecule is Nc1c(Br)cc(C[C@H](N)C(=O)N2CCN(c3ccncn3)CC2)cc1Br. The number of hydrogen-bond acceptors (Lipinski definition) is 6. The molecule has 1 aliphatic heterocycles. The molecule has 0 bridgehead atoms. The van der Waals surface area contributed by atoms with E-state index < -0.39 is 6.04 Å². The van der Waals surface area contributed by atoms with Crippen molar-refractivity contribution < 1.29 is 4.79 Å². The number of nitrogens with zero attached hydrogens (tertiary/aromatic N) is 4. The van der Waals surface area contributed by atoms with E-state index in [-0.39, 0.29) is 5.91 Å². The van der Waals surface area contributed by atoms with Gasteiger partial charge in [0.1, 0.15) is 12.1 Å². The number of nitrogens with two attached hydrogens (primary N) is 2. The quantitative estimate of drug-likeness (QED) is 0.643. The van der Waals surface area contributed by atoms with Crippen LogP contribution in [0.1, 0.15) is 5.56 Å². The van der Waals surface area contributed by atoms with Gasteiger partial charge in [-0.15, -0.1) is 0 Å². The van der Waals surface area contributed by atoms with Crippen molar-refractivity contribution in [3.05, 3.63) is 45.2 Å². The van der Waals surface area contributed by atoms with E-state index in [2.05, 4.69) is 46.7 Å². The molecule has 0 saturated carbocycles. The van der Waals surface area contributed by atoms with Crippen molar-refractivity contribution in [2.45, 2.75) is 12.5 Å². The Hall–Kier alpha value is -1.71. The van der Waals surface area contributed by atoms with E-state index in [4.69, 9.17) is 11.5 Å². The summed E-state index contributed by atoms with van der Waals surface area (Å²) < 4.78 is 1.58. The van der Waals surface area contributed by atoms with Gasteiger partial charge < -0.3 is 21.3 Å². The molecule has 4 N–H and O–H groups in total. The van der Waals surface area contributed by atoms with Crippen molar-refractivity contribution in [2.24, 2.45) is 5.73 Å². The molecule has 1 aromatic heterocycles. The normalized spacial score (nSPS) is 15.8. The van der Waals surface area contributed by atoms with Gasteiger partial charge in [0, 0.05) is 41.3 Å². The second kappa shape index (κ2) is 8.32. The molecule has 2 heterocycles. The number of amides is 1. The van der Waals surface area contributed by atoms with Crippen LogP contribution in [0.3, 0.4) is 0 Å². The Morgan fingerprint density at radius 2 is 1.85 bits per heavy atom. The minimum atomic E-state index is -0.581. The van der Waals surface area contributed by atoms with E-state index in [1.165, 1.54) is 6.33 Å². The van der Waals surface area contributed by atoms with Crippen LogP contribution in [0.2, 0.25) is 0 Å². The fourth-order valence-electron chi connectivity index (χ4n) is 2.96. The van der Waals surface area contributed by atoms with E-state index in [0.717, 1.165) is 33.4 Å². The highest BCUT2D eigenvalue weighted by atomic mass is 79.9. The summed E-state index contributed by atoms with van der Waals surface area (Å²) in [6.07, 6.45) is 3.72. The summed E-state index contributed by atoms with van der Waals surface area (Å²) in [7, 11) is 0. The van der Waals surface area contributed by atoms with Crippen LogP contribution in [-0.2, 0) is 11.2 Å². The molecule has 1 saturated heterocycles. The van der Waals surface area contributed by atoms with Gasteiger partial charge in [-0.1, -0.05) is 0 Å². The second-order valence-electron chi connectivity index (χ2n) is 6.16. The molecule has 1 amide bonds. The van der Waals surface area contributed by atoms with Gasteiger partial charge in [-0.05, 0) is 62.0 Å². The molecule has 3 rings (SSSR count). The molecule has 0 unspecified atom stereocenters. The molecule has 1 aliphatic rings. The van der Waals surface area contributed by atoms with Crippen LogP contribution in [-0.4, -0.2) is 53.0 Å². The molecule has 26 heavy (non-hydrogen) atoms. The van der Waals surface area contributed by atoms with E-state index in [9.17, 15) is 4.79 Å². The molecule has 0 radical (unpaired) electrons. The minimum absolute atomic E-state index is 0.0311. The van der Waals surface area contributed by atoms with Gasteiger partial charge in [-0.3, -0.25) is 4.79 Å². The number of piperazine rings is 1. The molecule has 1 atom stereocenters. The Kier molecular flexibility index (Phi) is 6.10. The van der Waals surface area contributed by atoms with Gasteiger partial charge in [0.15, 0.2) is 0 Å². The first-order valence-corrected chi connectivity index (χ1v) is 9.83. The number of anilines is 2. The number of benzene rings is 1. The highest BCUT2D eigenvalue weighted by molar-refractivity contribution is 9.11. The number of carbonyl (C=O) groups is 1. The summed E-state index contributed by atoms with van der Waals surface area (Å²) in [5.74, 6) is 0.851. The lowest BCUT2D eigenvalue weighted by atomic mass is 10.0. The third-order valence-corrected chi connectivity index (χ3v) is 5.71. The van der Waals surface area contributed by atoms with Crippen LogP contribution in [0.25, 0.3) is 0 Å². The first-order valence-electron chi connectivity index (χ1n) is 8.24. The summed E-state index contributed by atoms with van der Waals surface area (Å²) >= 11 is 6.84. The summed E-state index contributed by atoms with van der Waals surface area (Å²) in [4.78, 5) is 24.8. The first kappa shape index (κ1) is 19.1. The third-order valence-electron chi connectivity index (χ3n) is 4.39. The maximum absolute atomic E-state index is 12.7. The molecule has 0 aliphatic carbocycles. The molecule has 1 fully saturated rings. The highest BCUT2D eigenvalue weighted by Crippen LogP contribution is 2.30. The number of nitrogen functional groups attached to an aromatic ring is 1.